The maximum absolute atomic E-state index is 14.7. The van der Waals surface area contributed by atoms with Crippen molar-refractivity contribution in [3.05, 3.63) is 77.4 Å². The topological polar surface area (TPSA) is 80.3 Å². The molecule has 6 nitrogen and oxygen atoms in total. The van der Waals surface area contributed by atoms with Crippen LogP contribution in [0.3, 0.4) is 0 Å². The van der Waals surface area contributed by atoms with E-state index in [1.165, 1.54) is 30.3 Å². The Bertz CT molecular complexity index is 1550. The molecule has 2 amide bonds. The average molecular weight is 548 g/mol. The number of nitrogens with one attached hydrogen (secondary N) is 2. The lowest BCUT2D eigenvalue weighted by Gasteiger charge is -2.11. The van der Waals surface area contributed by atoms with Gasteiger partial charge in [-0.05, 0) is 42.7 Å². The Morgan fingerprint density at radius 2 is 1.79 bits per heavy atom. The molecule has 0 saturated heterocycles. The average Bonchev–Trinajstić information content (AvgIpc) is 3.63. The fraction of sp³-hybridized carbons (Fsp3) is 0.192. The number of benzene rings is 3. The van der Waals surface area contributed by atoms with Gasteiger partial charge in [0.15, 0.2) is 16.7 Å². The first-order chi connectivity index (χ1) is 18.0. The maximum Gasteiger partial charge on any atom is 0.416 e. The molecule has 1 heterocycles. The minimum absolute atomic E-state index is 0.00323. The van der Waals surface area contributed by atoms with Crippen molar-refractivity contribution in [1.82, 2.24) is 4.98 Å². The fourth-order valence-electron chi connectivity index (χ4n) is 3.64. The molecule has 0 radical (unpaired) electrons. The second-order valence-electron chi connectivity index (χ2n) is 8.70. The molecule has 4 aromatic rings. The van der Waals surface area contributed by atoms with E-state index in [0.29, 0.717) is 15.3 Å². The molecule has 196 valence electrons. The van der Waals surface area contributed by atoms with Crippen molar-refractivity contribution in [2.24, 2.45) is 5.92 Å². The second kappa shape index (κ2) is 10.0. The Labute approximate surface area is 216 Å². The summed E-state index contributed by atoms with van der Waals surface area (Å²) in [6.45, 7) is 0. The van der Waals surface area contributed by atoms with Crippen molar-refractivity contribution in [2.75, 3.05) is 10.6 Å². The van der Waals surface area contributed by atoms with Crippen LogP contribution in [-0.4, -0.2) is 16.8 Å². The maximum atomic E-state index is 14.7. The SMILES string of the molecule is O=C(Cc1cccc(C(F)(F)F)c1)Nc1cc(Oc2cc3nc(NC(=O)C4CC4)sc3cc2F)ccc1F. The van der Waals surface area contributed by atoms with Gasteiger partial charge in [-0.3, -0.25) is 9.59 Å². The van der Waals surface area contributed by atoms with Crippen LogP contribution in [0.2, 0.25) is 0 Å². The van der Waals surface area contributed by atoms with Gasteiger partial charge in [0.1, 0.15) is 11.6 Å². The first kappa shape index (κ1) is 25.6. The van der Waals surface area contributed by atoms with Crippen LogP contribution in [0.25, 0.3) is 10.2 Å². The van der Waals surface area contributed by atoms with Crippen molar-refractivity contribution in [2.45, 2.75) is 25.4 Å². The number of alkyl halides is 3. The zero-order chi connectivity index (χ0) is 27.0. The number of aromatic nitrogens is 1. The molecule has 0 bridgehead atoms. The minimum atomic E-state index is -4.56. The van der Waals surface area contributed by atoms with E-state index < -0.39 is 35.7 Å². The van der Waals surface area contributed by atoms with Gasteiger partial charge in [0.2, 0.25) is 11.8 Å². The van der Waals surface area contributed by atoms with Gasteiger partial charge in [0.25, 0.3) is 0 Å². The number of hydrogen-bond donors (Lipinski definition) is 2. The predicted octanol–water partition coefficient (Wildman–Crippen LogP) is 6.92. The summed E-state index contributed by atoms with van der Waals surface area (Å²) in [7, 11) is 0. The number of thiazole rings is 1. The lowest BCUT2D eigenvalue weighted by atomic mass is 10.1. The summed E-state index contributed by atoms with van der Waals surface area (Å²) >= 11 is 1.12. The van der Waals surface area contributed by atoms with Gasteiger partial charge < -0.3 is 15.4 Å². The van der Waals surface area contributed by atoms with E-state index in [1.54, 1.807) is 0 Å². The van der Waals surface area contributed by atoms with Crippen LogP contribution in [0.5, 0.6) is 11.5 Å². The first-order valence-electron chi connectivity index (χ1n) is 11.4. The van der Waals surface area contributed by atoms with Crippen LogP contribution >= 0.6 is 11.3 Å². The smallest absolute Gasteiger partial charge is 0.416 e. The van der Waals surface area contributed by atoms with Crippen molar-refractivity contribution in [1.29, 1.82) is 0 Å². The van der Waals surface area contributed by atoms with E-state index in [4.69, 9.17) is 4.74 Å². The highest BCUT2D eigenvalue weighted by Crippen LogP contribution is 2.36. The van der Waals surface area contributed by atoms with E-state index >= 15 is 0 Å². The summed E-state index contributed by atoms with van der Waals surface area (Å²) < 4.78 is 73.9. The summed E-state index contributed by atoms with van der Waals surface area (Å²) in [6.07, 6.45) is -3.33. The molecule has 12 heteroatoms. The highest BCUT2D eigenvalue weighted by Gasteiger charge is 2.31. The van der Waals surface area contributed by atoms with Crippen molar-refractivity contribution in [3.8, 4) is 11.5 Å². The monoisotopic (exact) mass is 547 g/mol. The van der Waals surface area contributed by atoms with E-state index in [0.717, 1.165) is 48.4 Å². The number of anilines is 2. The molecule has 38 heavy (non-hydrogen) atoms. The molecular weight excluding hydrogens is 529 g/mol. The van der Waals surface area contributed by atoms with Crippen molar-refractivity contribution in [3.63, 3.8) is 0 Å². The second-order valence-corrected chi connectivity index (χ2v) is 9.73. The number of rotatable bonds is 7. The lowest BCUT2D eigenvalue weighted by molar-refractivity contribution is -0.137. The molecule has 1 saturated carbocycles. The van der Waals surface area contributed by atoms with E-state index in [-0.39, 0.29) is 34.6 Å². The number of nitrogens with zero attached hydrogens (tertiary/aromatic N) is 1. The Kier molecular flexibility index (Phi) is 6.74. The fourth-order valence-corrected chi connectivity index (χ4v) is 4.52. The quantitative estimate of drug-likeness (QED) is 0.246. The molecule has 0 unspecified atom stereocenters. The molecule has 3 aromatic carbocycles. The summed E-state index contributed by atoms with van der Waals surface area (Å²) in [5.74, 6) is -2.66. The van der Waals surface area contributed by atoms with Crippen LogP contribution in [0.4, 0.5) is 32.8 Å². The lowest BCUT2D eigenvalue weighted by Crippen LogP contribution is -2.16. The molecule has 1 aliphatic rings. The molecule has 5 rings (SSSR count). The van der Waals surface area contributed by atoms with Crippen molar-refractivity contribution >= 4 is 44.2 Å². The van der Waals surface area contributed by atoms with E-state index in [9.17, 15) is 31.5 Å². The van der Waals surface area contributed by atoms with Gasteiger partial charge >= 0.3 is 6.18 Å². The number of amides is 2. The number of halogens is 5. The molecule has 0 spiro atoms. The molecule has 0 aliphatic heterocycles. The normalized spacial score (nSPS) is 13.4. The van der Waals surface area contributed by atoms with Crippen LogP contribution in [0, 0.1) is 17.6 Å². The molecular formula is C26H18F5N3O3S. The molecule has 1 aromatic heterocycles. The van der Waals surface area contributed by atoms with Crippen LogP contribution < -0.4 is 15.4 Å². The molecule has 0 atom stereocenters. The standard InChI is InChI=1S/C26H18F5N3O3S/c27-17-7-6-16(10-19(17)32-23(35)9-13-2-1-3-15(8-13)26(29,30)31)37-21-12-20-22(11-18(21)28)38-25(33-20)34-24(36)14-4-5-14/h1-3,6-8,10-12,14H,4-5,9H2,(H,32,35)(H,33,34,36). The summed E-state index contributed by atoms with van der Waals surface area (Å²) in [5.41, 5.74) is -0.716. The summed E-state index contributed by atoms with van der Waals surface area (Å²) in [6, 6.07) is 10.2. The Hall–Kier alpha value is -4.06. The predicted molar refractivity (Wildman–Crippen MR) is 131 cm³/mol. The summed E-state index contributed by atoms with van der Waals surface area (Å²) in [5, 5.41) is 5.35. The third kappa shape index (κ3) is 5.91. The Morgan fingerprint density at radius 3 is 2.53 bits per heavy atom. The number of fused-ring (bicyclic) bond motifs is 1. The molecule has 1 aliphatic carbocycles. The number of carbonyl (C=O) groups is 2. The van der Waals surface area contributed by atoms with Crippen LogP contribution in [-0.2, 0) is 22.2 Å². The zero-order valence-electron chi connectivity index (χ0n) is 19.4. The highest BCUT2D eigenvalue weighted by atomic mass is 32.1. The van der Waals surface area contributed by atoms with E-state index in [1.807, 2.05) is 0 Å². The third-order valence-corrected chi connectivity index (χ3v) is 6.61. The van der Waals surface area contributed by atoms with Crippen LogP contribution in [0.1, 0.15) is 24.0 Å². The molecule has 1 fully saturated rings. The number of ether oxygens (including phenoxy) is 1. The summed E-state index contributed by atoms with van der Waals surface area (Å²) in [4.78, 5) is 28.7. The largest absolute Gasteiger partial charge is 0.454 e. The van der Waals surface area contributed by atoms with E-state index in [2.05, 4.69) is 15.6 Å². The van der Waals surface area contributed by atoms with Gasteiger partial charge in [0.05, 0.1) is 27.9 Å². The number of hydrogen-bond acceptors (Lipinski definition) is 5. The highest BCUT2D eigenvalue weighted by molar-refractivity contribution is 7.22. The van der Waals surface area contributed by atoms with Gasteiger partial charge in [0, 0.05) is 18.1 Å². The van der Waals surface area contributed by atoms with Gasteiger partial charge in [-0.15, -0.1) is 0 Å². The van der Waals surface area contributed by atoms with Gasteiger partial charge in [-0.1, -0.05) is 29.5 Å². The molecule has 2 N–H and O–H groups in total. The third-order valence-electron chi connectivity index (χ3n) is 5.68. The first-order valence-corrected chi connectivity index (χ1v) is 12.2. The van der Waals surface area contributed by atoms with Crippen LogP contribution in [0.15, 0.2) is 54.6 Å². The minimum Gasteiger partial charge on any atom is -0.454 e. The Balaban J connectivity index is 1.30. The van der Waals surface area contributed by atoms with Gasteiger partial charge in [-0.25, -0.2) is 13.8 Å². The van der Waals surface area contributed by atoms with Crippen molar-refractivity contribution < 1.29 is 36.3 Å². The number of carbonyl (C=O) groups excluding carboxylic acids is 2. The Morgan fingerprint density at radius 1 is 1.00 bits per heavy atom. The van der Waals surface area contributed by atoms with Gasteiger partial charge in [-0.2, -0.15) is 13.2 Å². The zero-order valence-corrected chi connectivity index (χ0v) is 20.2.